The number of carbonyl (C=O) groups excluding carboxylic acids is 5. The molecule has 0 aromatic rings. The van der Waals surface area contributed by atoms with E-state index in [1.807, 2.05) is 32.8 Å². The first-order valence-corrected chi connectivity index (χ1v) is 18.9. The number of amides is 1. The Kier molecular flexibility index (Phi) is 14.5. The topological polar surface area (TPSA) is 167 Å². The van der Waals surface area contributed by atoms with Crippen molar-refractivity contribution in [2.45, 2.75) is 146 Å². The maximum Gasteiger partial charge on any atom is 0.352 e. The summed E-state index contributed by atoms with van der Waals surface area (Å²) < 4.78 is 45.8. The van der Waals surface area contributed by atoms with Crippen LogP contribution in [0.15, 0.2) is 4.99 Å². The molecular formula is C36H56FIN2O11. The minimum absolute atomic E-state index is 0.0102. The quantitative estimate of drug-likeness (QED) is 0.182. The van der Waals surface area contributed by atoms with E-state index in [4.69, 9.17) is 23.7 Å². The number of hydrogen-bond acceptors (Lipinski definition) is 12. The minimum Gasteiger partial charge on any atom is -0.455 e. The molecule has 0 unspecified atom stereocenters. The Morgan fingerprint density at radius 2 is 1.73 bits per heavy atom. The second kappa shape index (κ2) is 17.0. The molecule has 13 nitrogen and oxygen atoms in total. The third-order valence-corrected chi connectivity index (χ3v) is 12.2. The summed E-state index contributed by atoms with van der Waals surface area (Å²) in [6.45, 7) is 13.2. The van der Waals surface area contributed by atoms with Gasteiger partial charge in [-0.25, -0.2) is 14.2 Å². The van der Waals surface area contributed by atoms with Crippen molar-refractivity contribution in [2.24, 2.45) is 28.7 Å². The summed E-state index contributed by atoms with van der Waals surface area (Å²) in [5, 5.41) is 12.0. The lowest BCUT2D eigenvalue weighted by Gasteiger charge is -2.48. The van der Waals surface area contributed by atoms with Gasteiger partial charge in [0, 0.05) is 43.2 Å². The first kappa shape index (κ1) is 43.5. The lowest BCUT2D eigenvalue weighted by molar-refractivity contribution is -0.299. The second-order valence-corrected chi connectivity index (χ2v) is 16.4. The molecule has 0 spiro atoms. The summed E-state index contributed by atoms with van der Waals surface area (Å²) in [6, 6.07) is -0.375. The third kappa shape index (κ3) is 9.80. The van der Waals surface area contributed by atoms with Crippen molar-refractivity contribution in [3.8, 4) is 0 Å². The van der Waals surface area contributed by atoms with Gasteiger partial charge in [-0.3, -0.25) is 19.2 Å². The van der Waals surface area contributed by atoms with E-state index in [0.29, 0.717) is 12.1 Å². The fourth-order valence-corrected chi connectivity index (χ4v) is 8.49. The Labute approximate surface area is 314 Å². The van der Waals surface area contributed by atoms with E-state index in [0.717, 1.165) is 6.92 Å². The average Bonchev–Trinajstić information content (AvgIpc) is 3.04. The Hall–Kier alpha value is -1.92. The average molecular weight is 839 g/mol. The number of likely N-dealkylation sites (N-methyl/N-ethyl adjacent to an activating group) is 1. The number of rotatable bonds is 5. The zero-order chi connectivity index (χ0) is 38.8. The standard InChI is InChI=1S/C36H56FIN2O11/c1-12-26(43)39-27-18(2)16-34(7)30(50-31-28(49-22(6)41)25(40(10)11)15-19(3)48-31)21(5)29(44)35(8,37)33(45)51-32(38)36(9,46)24(20(27)4)14-13-23(42)17-47-34/h18-21,24-25,28,30-32,46H,12-17H2,1-11H3/t18-,19-,20-,21+,24-,25+,28-,30-,31+,32+,34-,35+,36+/m1/s1. The summed E-state index contributed by atoms with van der Waals surface area (Å²) in [6.07, 6.45) is -3.43. The first-order valence-electron chi connectivity index (χ1n) is 17.7. The van der Waals surface area contributed by atoms with E-state index in [1.54, 1.807) is 43.4 Å². The third-order valence-electron chi connectivity index (χ3n) is 10.7. The number of aliphatic imine (C=N–C) groups is 1. The molecule has 3 fully saturated rings. The molecule has 3 heterocycles. The summed E-state index contributed by atoms with van der Waals surface area (Å²) in [4.78, 5) is 72.9. The lowest BCUT2D eigenvalue weighted by Crippen LogP contribution is -2.61. The molecule has 1 N–H and O–H groups in total. The van der Waals surface area contributed by atoms with Gasteiger partial charge in [-0.1, -0.05) is 27.7 Å². The van der Waals surface area contributed by atoms with Crippen LogP contribution >= 0.6 is 22.6 Å². The molecule has 290 valence electrons. The number of esters is 2. The maximum absolute atomic E-state index is 16.6. The number of cyclic esters (lactones) is 1. The van der Waals surface area contributed by atoms with Crippen LogP contribution in [0.5, 0.6) is 0 Å². The van der Waals surface area contributed by atoms with E-state index in [2.05, 4.69) is 4.99 Å². The summed E-state index contributed by atoms with van der Waals surface area (Å²) >= 11 is 1.69. The highest BCUT2D eigenvalue weighted by Gasteiger charge is 2.56. The molecule has 3 aliphatic heterocycles. The number of alkyl halides is 2. The zero-order valence-corrected chi connectivity index (χ0v) is 33.9. The fourth-order valence-electron chi connectivity index (χ4n) is 7.79. The summed E-state index contributed by atoms with van der Waals surface area (Å²) in [7, 11) is 3.63. The SMILES string of the molecule is CCC(=O)N=C1[C@H](C)C[C@@]2(C)OCC(=O)CC[C@H]([C@H]1C)[C@](C)(O)[C@@H](I)OC(=O)[C@@](C)(F)C(=O)[C@H](C)[C@H]2O[C@@H]1O[C@H](C)C[C@H](N(C)C)[C@H]1OC(C)=O. The fraction of sp³-hybridized carbons (Fsp3) is 0.833. The van der Waals surface area contributed by atoms with Gasteiger partial charge in [-0.15, -0.1) is 0 Å². The first-order chi connectivity index (χ1) is 23.5. The second-order valence-electron chi connectivity index (χ2n) is 15.3. The molecule has 3 saturated heterocycles. The van der Waals surface area contributed by atoms with Gasteiger partial charge in [-0.2, -0.15) is 0 Å². The molecule has 0 saturated carbocycles. The molecule has 3 rings (SSSR count). The molecule has 1 amide bonds. The van der Waals surface area contributed by atoms with Crippen molar-refractivity contribution < 1.29 is 57.2 Å². The number of aliphatic hydroxyl groups is 1. The summed E-state index contributed by atoms with van der Waals surface area (Å²) in [5.74, 6) is -7.46. The van der Waals surface area contributed by atoms with Crippen LogP contribution in [0.4, 0.5) is 4.39 Å². The van der Waals surface area contributed by atoms with E-state index in [1.165, 1.54) is 20.8 Å². The van der Waals surface area contributed by atoms with Crippen LogP contribution < -0.4 is 0 Å². The van der Waals surface area contributed by atoms with Crippen molar-refractivity contribution in [3.05, 3.63) is 0 Å². The highest BCUT2D eigenvalue weighted by Crippen LogP contribution is 2.43. The van der Waals surface area contributed by atoms with Gasteiger partial charge in [0.25, 0.3) is 5.67 Å². The van der Waals surface area contributed by atoms with Gasteiger partial charge in [-0.05, 0) is 89.6 Å². The highest BCUT2D eigenvalue weighted by atomic mass is 127. The van der Waals surface area contributed by atoms with Crippen LogP contribution in [-0.4, -0.2) is 117 Å². The molecule has 0 aromatic heterocycles. The maximum atomic E-state index is 16.6. The number of ketones is 2. The van der Waals surface area contributed by atoms with Crippen LogP contribution in [0, 0.1) is 23.7 Å². The normalized spacial score (nSPS) is 42.8. The largest absolute Gasteiger partial charge is 0.455 e. The van der Waals surface area contributed by atoms with E-state index < -0.39 is 99.5 Å². The number of halogens is 2. The zero-order valence-electron chi connectivity index (χ0n) is 31.7. The van der Waals surface area contributed by atoms with Crippen LogP contribution in [0.2, 0.25) is 0 Å². The van der Waals surface area contributed by atoms with E-state index >= 15 is 4.39 Å². The predicted molar refractivity (Wildman–Crippen MR) is 193 cm³/mol. The summed E-state index contributed by atoms with van der Waals surface area (Å²) in [5.41, 5.74) is -6.22. The molecule has 13 atom stereocenters. The lowest BCUT2D eigenvalue weighted by atomic mass is 9.70. The van der Waals surface area contributed by atoms with E-state index in [-0.39, 0.29) is 37.5 Å². The van der Waals surface area contributed by atoms with E-state index in [9.17, 15) is 29.1 Å². The number of carbonyl (C=O) groups is 5. The van der Waals surface area contributed by atoms with Crippen LogP contribution in [0.3, 0.4) is 0 Å². The van der Waals surface area contributed by atoms with Crippen LogP contribution in [0.1, 0.15) is 94.4 Å². The Bertz CT molecular complexity index is 1360. The van der Waals surface area contributed by atoms with Crippen molar-refractivity contribution in [1.29, 1.82) is 0 Å². The minimum atomic E-state index is -3.20. The van der Waals surface area contributed by atoms with Gasteiger partial charge < -0.3 is 33.7 Å². The van der Waals surface area contributed by atoms with Gasteiger partial charge in [0.05, 0.1) is 23.9 Å². The van der Waals surface area contributed by atoms with Crippen LogP contribution in [-0.2, 0) is 47.7 Å². The van der Waals surface area contributed by atoms with Gasteiger partial charge in [0.2, 0.25) is 5.91 Å². The van der Waals surface area contributed by atoms with Gasteiger partial charge in [0.1, 0.15) is 12.2 Å². The highest BCUT2D eigenvalue weighted by molar-refractivity contribution is 14.1. The van der Waals surface area contributed by atoms with Crippen LogP contribution in [0.25, 0.3) is 0 Å². The molecular weight excluding hydrogens is 782 g/mol. The number of nitrogens with zero attached hydrogens (tertiary/aromatic N) is 2. The molecule has 15 heteroatoms. The smallest absolute Gasteiger partial charge is 0.352 e. The monoisotopic (exact) mass is 838 g/mol. The molecule has 0 aromatic carbocycles. The van der Waals surface area contributed by atoms with Crippen molar-refractivity contribution >= 4 is 57.7 Å². The Morgan fingerprint density at radius 1 is 1.10 bits per heavy atom. The molecule has 3 aliphatic rings. The molecule has 2 bridgehead atoms. The number of ether oxygens (including phenoxy) is 5. The molecule has 0 aliphatic carbocycles. The molecule has 0 radical (unpaired) electrons. The Balaban J connectivity index is 2.35. The van der Waals surface area contributed by atoms with Gasteiger partial charge in [0.15, 0.2) is 28.1 Å². The van der Waals surface area contributed by atoms with Crippen molar-refractivity contribution in [1.82, 2.24) is 4.90 Å². The Morgan fingerprint density at radius 3 is 2.29 bits per heavy atom. The van der Waals surface area contributed by atoms with Crippen molar-refractivity contribution in [2.75, 3.05) is 20.7 Å². The molecule has 51 heavy (non-hydrogen) atoms. The van der Waals surface area contributed by atoms with Crippen molar-refractivity contribution in [3.63, 3.8) is 0 Å². The number of Topliss-reactive ketones (excluding diaryl/α,β-unsaturated/α-hetero) is 2. The van der Waals surface area contributed by atoms with Gasteiger partial charge >= 0.3 is 11.9 Å². The number of fused-ring (bicyclic) bond motifs is 5. The number of hydrogen-bond donors (Lipinski definition) is 1. The predicted octanol–water partition coefficient (Wildman–Crippen LogP) is 4.17.